The molecule has 0 radical (unpaired) electrons. The van der Waals surface area contributed by atoms with Crippen LogP contribution in [-0.2, 0) is 0 Å². The molecule has 0 bridgehead atoms. The molecule has 0 aliphatic carbocycles. The van der Waals surface area contributed by atoms with E-state index >= 15 is 0 Å². The summed E-state index contributed by atoms with van der Waals surface area (Å²) in [7, 11) is 0. The van der Waals surface area contributed by atoms with E-state index in [-0.39, 0.29) is 11.7 Å². The van der Waals surface area contributed by atoms with Gasteiger partial charge < -0.3 is 9.73 Å². The van der Waals surface area contributed by atoms with E-state index in [1.807, 2.05) is 30.3 Å². The molecule has 0 amide bonds. The minimum Gasteiger partial charge on any atom is -0.469 e. The number of nitrogens with zero attached hydrogens (tertiary/aromatic N) is 3. The standard InChI is InChI=1S/C22H19FN4O/c23-18-5-3-16(4-6-18)19(21-2-1-15-28-21)9-13-25-22-26-14-10-20(27-22)17-7-11-24-12-8-17/h1-8,10-12,14-15,19H,9,13H2,(H,25,26,27)/t19-/m1/s1. The Morgan fingerprint density at radius 3 is 2.54 bits per heavy atom. The van der Waals surface area contributed by atoms with Gasteiger partial charge in [-0.1, -0.05) is 12.1 Å². The Hall–Kier alpha value is -3.54. The summed E-state index contributed by atoms with van der Waals surface area (Å²) in [5, 5.41) is 3.27. The van der Waals surface area contributed by atoms with Crippen molar-refractivity contribution < 1.29 is 8.81 Å². The molecular formula is C22H19FN4O. The van der Waals surface area contributed by atoms with Crippen molar-refractivity contribution in [3.63, 3.8) is 0 Å². The molecule has 0 unspecified atom stereocenters. The molecule has 0 aliphatic rings. The zero-order chi connectivity index (χ0) is 19.2. The lowest BCUT2D eigenvalue weighted by Gasteiger charge is -2.16. The predicted octanol–water partition coefficient (Wildman–Crippen LogP) is 4.90. The molecular weight excluding hydrogens is 355 g/mol. The highest BCUT2D eigenvalue weighted by atomic mass is 19.1. The van der Waals surface area contributed by atoms with Crippen LogP contribution in [0.15, 0.2) is 83.9 Å². The van der Waals surface area contributed by atoms with Crippen molar-refractivity contribution in [2.24, 2.45) is 0 Å². The van der Waals surface area contributed by atoms with E-state index in [2.05, 4.69) is 20.3 Å². The summed E-state index contributed by atoms with van der Waals surface area (Å²) >= 11 is 0. The van der Waals surface area contributed by atoms with Gasteiger partial charge in [0.2, 0.25) is 5.95 Å². The third-order valence-electron chi connectivity index (χ3n) is 4.51. The average molecular weight is 374 g/mol. The van der Waals surface area contributed by atoms with E-state index < -0.39 is 0 Å². The van der Waals surface area contributed by atoms with Crippen molar-refractivity contribution in [3.8, 4) is 11.3 Å². The average Bonchev–Trinajstić information content (AvgIpc) is 3.28. The Morgan fingerprint density at radius 1 is 0.964 bits per heavy atom. The summed E-state index contributed by atoms with van der Waals surface area (Å²) < 4.78 is 18.9. The highest BCUT2D eigenvalue weighted by molar-refractivity contribution is 5.58. The second-order valence-corrected chi connectivity index (χ2v) is 6.34. The van der Waals surface area contributed by atoms with Gasteiger partial charge in [0.15, 0.2) is 0 Å². The summed E-state index contributed by atoms with van der Waals surface area (Å²) in [6.45, 7) is 0.641. The summed E-state index contributed by atoms with van der Waals surface area (Å²) in [4.78, 5) is 12.9. The molecule has 0 fully saturated rings. The minimum absolute atomic E-state index is 0.0199. The van der Waals surface area contributed by atoms with Crippen molar-refractivity contribution >= 4 is 5.95 Å². The van der Waals surface area contributed by atoms with Crippen LogP contribution in [0.25, 0.3) is 11.3 Å². The lowest BCUT2D eigenvalue weighted by Crippen LogP contribution is -2.11. The number of aromatic nitrogens is 3. The minimum atomic E-state index is -0.249. The third-order valence-corrected chi connectivity index (χ3v) is 4.51. The van der Waals surface area contributed by atoms with Crippen molar-refractivity contribution in [2.75, 3.05) is 11.9 Å². The number of hydrogen-bond donors (Lipinski definition) is 1. The Bertz CT molecular complexity index is 1000. The molecule has 0 saturated heterocycles. The fourth-order valence-electron chi connectivity index (χ4n) is 3.11. The van der Waals surface area contributed by atoms with Gasteiger partial charge in [-0.15, -0.1) is 0 Å². The lowest BCUT2D eigenvalue weighted by molar-refractivity contribution is 0.477. The van der Waals surface area contributed by atoms with Gasteiger partial charge in [-0.2, -0.15) is 0 Å². The second-order valence-electron chi connectivity index (χ2n) is 6.34. The van der Waals surface area contributed by atoms with Crippen LogP contribution in [0.4, 0.5) is 10.3 Å². The number of pyridine rings is 1. The van der Waals surface area contributed by atoms with Gasteiger partial charge in [0.25, 0.3) is 0 Å². The maximum absolute atomic E-state index is 13.3. The lowest BCUT2D eigenvalue weighted by atomic mass is 9.93. The van der Waals surface area contributed by atoms with Gasteiger partial charge in [0.1, 0.15) is 11.6 Å². The first-order valence-electron chi connectivity index (χ1n) is 9.06. The molecule has 0 saturated carbocycles. The quantitative estimate of drug-likeness (QED) is 0.498. The Labute approximate surface area is 162 Å². The van der Waals surface area contributed by atoms with Gasteiger partial charge in [-0.25, -0.2) is 14.4 Å². The Kier molecular flexibility index (Phi) is 5.38. The van der Waals surface area contributed by atoms with Gasteiger partial charge in [-0.05, 0) is 54.4 Å². The van der Waals surface area contributed by atoms with E-state index in [0.29, 0.717) is 12.5 Å². The van der Waals surface area contributed by atoms with Crippen LogP contribution in [0.2, 0.25) is 0 Å². The number of nitrogens with one attached hydrogen (secondary N) is 1. The number of benzene rings is 1. The monoisotopic (exact) mass is 374 g/mol. The Morgan fingerprint density at radius 2 is 1.79 bits per heavy atom. The SMILES string of the molecule is Fc1ccc([C@@H](CCNc2nccc(-c3ccncc3)n2)c2ccco2)cc1. The van der Waals surface area contributed by atoms with Crippen molar-refractivity contribution in [1.29, 1.82) is 0 Å². The number of anilines is 1. The van der Waals surface area contributed by atoms with Gasteiger partial charge >= 0.3 is 0 Å². The molecule has 1 aromatic carbocycles. The zero-order valence-corrected chi connectivity index (χ0v) is 15.1. The molecule has 3 aromatic heterocycles. The second kappa shape index (κ2) is 8.43. The predicted molar refractivity (Wildman–Crippen MR) is 105 cm³/mol. The van der Waals surface area contributed by atoms with Crippen LogP contribution < -0.4 is 5.32 Å². The van der Waals surface area contributed by atoms with Gasteiger partial charge in [0.05, 0.1) is 12.0 Å². The van der Waals surface area contributed by atoms with E-state index in [0.717, 1.165) is 29.0 Å². The van der Waals surface area contributed by atoms with Crippen LogP contribution in [0.3, 0.4) is 0 Å². The molecule has 5 nitrogen and oxygen atoms in total. The van der Waals surface area contributed by atoms with Crippen LogP contribution in [-0.4, -0.2) is 21.5 Å². The smallest absolute Gasteiger partial charge is 0.223 e. The fraction of sp³-hybridized carbons (Fsp3) is 0.136. The maximum Gasteiger partial charge on any atom is 0.223 e. The van der Waals surface area contributed by atoms with E-state index in [1.54, 1.807) is 37.0 Å². The number of hydrogen-bond acceptors (Lipinski definition) is 5. The van der Waals surface area contributed by atoms with Crippen LogP contribution in [0.5, 0.6) is 0 Å². The third kappa shape index (κ3) is 4.23. The molecule has 140 valence electrons. The van der Waals surface area contributed by atoms with Crippen molar-refractivity contribution in [3.05, 3.63) is 96.6 Å². The highest BCUT2D eigenvalue weighted by Gasteiger charge is 2.17. The summed E-state index contributed by atoms with van der Waals surface area (Å²) in [5.74, 6) is 1.18. The largest absolute Gasteiger partial charge is 0.469 e. The fourth-order valence-corrected chi connectivity index (χ4v) is 3.11. The van der Waals surface area contributed by atoms with Gasteiger partial charge in [-0.3, -0.25) is 4.98 Å². The molecule has 4 rings (SSSR count). The first-order chi connectivity index (χ1) is 13.8. The van der Waals surface area contributed by atoms with Crippen LogP contribution in [0, 0.1) is 5.82 Å². The molecule has 3 heterocycles. The summed E-state index contributed by atoms with van der Waals surface area (Å²) in [6, 6.07) is 16.0. The van der Waals surface area contributed by atoms with Crippen molar-refractivity contribution in [1.82, 2.24) is 15.0 Å². The molecule has 1 N–H and O–H groups in total. The molecule has 4 aromatic rings. The maximum atomic E-state index is 13.3. The first kappa shape index (κ1) is 17.9. The van der Waals surface area contributed by atoms with Crippen molar-refractivity contribution in [2.45, 2.75) is 12.3 Å². The van der Waals surface area contributed by atoms with E-state index in [9.17, 15) is 4.39 Å². The summed E-state index contributed by atoms with van der Waals surface area (Å²) in [6.07, 6.45) is 7.61. The van der Waals surface area contributed by atoms with Crippen LogP contribution >= 0.6 is 0 Å². The Balaban J connectivity index is 1.46. The van der Waals surface area contributed by atoms with E-state index in [4.69, 9.17) is 4.42 Å². The molecule has 0 aliphatic heterocycles. The molecule has 1 atom stereocenters. The summed E-state index contributed by atoms with van der Waals surface area (Å²) in [5.41, 5.74) is 2.82. The molecule has 0 spiro atoms. The van der Waals surface area contributed by atoms with Gasteiger partial charge in [0, 0.05) is 36.6 Å². The molecule has 6 heteroatoms. The topological polar surface area (TPSA) is 63.8 Å². The molecule has 28 heavy (non-hydrogen) atoms. The number of halogens is 1. The normalized spacial score (nSPS) is 11.9. The van der Waals surface area contributed by atoms with Crippen LogP contribution in [0.1, 0.15) is 23.7 Å². The highest BCUT2D eigenvalue weighted by Crippen LogP contribution is 2.28. The van der Waals surface area contributed by atoms with E-state index in [1.165, 1.54) is 12.1 Å². The number of rotatable bonds is 7. The number of furan rings is 1. The zero-order valence-electron chi connectivity index (χ0n) is 15.1. The first-order valence-corrected chi connectivity index (χ1v) is 9.06.